The molecule has 0 bridgehead atoms. The largest absolute Gasteiger partial charge is 0.257 e. The van der Waals surface area contributed by atoms with E-state index in [-0.39, 0.29) is 0 Å². The Hall–Kier alpha value is -1.23. The molecule has 62 valence electrons. The molecule has 1 aromatic heterocycles. The highest BCUT2D eigenvalue weighted by atomic mass is 15.3. The molecule has 1 aliphatic rings. The molecule has 0 amide bonds. The smallest absolute Gasteiger partial charge is 0.102 e. The van der Waals surface area contributed by atoms with Gasteiger partial charge in [-0.15, -0.1) is 6.42 Å². The van der Waals surface area contributed by atoms with Crippen molar-refractivity contribution < 1.29 is 0 Å². The minimum absolute atomic E-state index is 0.610. The predicted molar refractivity (Wildman–Crippen MR) is 47.8 cm³/mol. The van der Waals surface area contributed by atoms with Gasteiger partial charge in [-0.1, -0.05) is 5.92 Å². The first-order valence-electron chi connectivity index (χ1n) is 4.31. The van der Waals surface area contributed by atoms with Crippen LogP contribution in [0.3, 0.4) is 0 Å². The highest BCUT2D eigenvalue weighted by Crippen LogP contribution is 2.23. The average Bonchev–Trinajstić information content (AvgIpc) is 2.58. The summed E-state index contributed by atoms with van der Waals surface area (Å²) >= 11 is 0. The summed E-state index contributed by atoms with van der Waals surface area (Å²) in [5.74, 6) is 2.61. The molecule has 0 atom stereocenters. The topological polar surface area (TPSA) is 17.8 Å². The van der Waals surface area contributed by atoms with Gasteiger partial charge >= 0.3 is 0 Å². The van der Waals surface area contributed by atoms with E-state index < -0.39 is 0 Å². The Kier molecular flexibility index (Phi) is 1.65. The van der Waals surface area contributed by atoms with Crippen molar-refractivity contribution in [2.45, 2.75) is 32.7 Å². The normalized spacial score (nSPS) is 14.3. The molecule has 2 heteroatoms. The van der Waals surface area contributed by atoms with E-state index in [2.05, 4.69) is 17.9 Å². The van der Waals surface area contributed by atoms with E-state index in [1.165, 1.54) is 29.8 Å². The fraction of sp³-hybridized carbons (Fsp3) is 0.500. The third-order valence-corrected chi connectivity index (χ3v) is 2.50. The maximum atomic E-state index is 5.24. The molecule has 0 fully saturated rings. The molecule has 0 unspecified atom stereocenters. The Morgan fingerprint density at radius 3 is 3.08 bits per heavy atom. The number of aromatic nitrogens is 2. The van der Waals surface area contributed by atoms with Gasteiger partial charge in [-0.25, -0.2) is 0 Å². The van der Waals surface area contributed by atoms with Crippen LogP contribution in [0.4, 0.5) is 0 Å². The molecule has 0 saturated carbocycles. The monoisotopic (exact) mass is 160 g/mol. The maximum absolute atomic E-state index is 5.24. The summed E-state index contributed by atoms with van der Waals surface area (Å²) in [5.41, 5.74) is 3.97. The maximum Gasteiger partial charge on any atom is 0.102 e. The number of rotatable bonds is 1. The zero-order chi connectivity index (χ0) is 8.55. The van der Waals surface area contributed by atoms with Crippen LogP contribution < -0.4 is 0 Å². The molecule has 1 aliphatic carbocycles. The summed E-state index contributed by atoms with van der Waals surface area (Å²) in [6, 6.07) is 0. The second-order valence-corrected chi connectivity index (χ2v) is 3.23. The molecule has 2 rings (SSSR count). The third kappa shape index (κ3) is 0.937. The van der Waals surface area contributed by atoms with E-state index in [0.717, 1.165) is 6.42 Å². The van der Waals surface area contributed by atoms with Gasteiger partial charge in [-0.2, -0.15) is 5.10 Å². The van der Waals surface area contributed by atoms with E-state index in [4.69, 9.17) is 6.42 Å². The number of fused-ring (bicyclic) bond motifs is 1. The van der Waals surface area contributed by atoms with Crippen LogP contribution in [0.15, 0.2) is 0 Å². The van der Waals surface area contributed by atoms with Crippen molar-refractivity contribution in [1.29, 1.82) is 0 Å². The lowest BCUT2D eigenvalue weighted by molar-refractivity contribution is 0.665. The van der Waals surface area contributed by atoms with E-state index in [1.807, 2.05) is 4.68 Å². The van der Waals surface area contributed by atoms with Gasteiger partial charge in [-0.3, -0.25) is 4.68 Å². The summed E-state index contributed by atoms with van der Waals surface area (Å²) in [7, 11) is 0. The van der Waals surface area contributed by atoms with Crippen LogP contribution in [-0.2, 0) is 19.4 Å². The van der Waals surface area contributed by atoms with Gasteiger partial charge in [-0.05, 0) is 31.7 Å². The molecule has 0 saturated heterocycles. The summed E-state index contributed by atoms with van der Waals surface area (Å²) < 4.78 is 1.93. The van der Waals surface area contributed by atoms with Crippen molar-refractivity contribution in [2.75, 3.05) is 0 Å². The molecule has 0 N–H and O–H groups in total. The van der Waals surface area contributed by atoms with Crippen molar-refractivity contribution in [3.8, 4) is 12.3 Å². The summed E-state index contributed by atoms with van der Waals surface area (Å²) in [5, 5.41) is 4.45. The second kappa shape index (κ2) is 2.67. The lowest BCUT2D eigenvalue weighted by Gasteiger charge is -1.99. The van der Waals surface area contributed by atoms with Crippen LogP contribution in [0.2, 0.25) is 0 Å². The quantitative estimate of drug-likeness (QED) is 0.566. The lowest BCUT2D eigenvalue weighted by atomic mass is 10.2. The number of aryl methyl sites for hydroxylation is 1. The van der Waals surface area contributed by atoms with Gasteiger partial charge in [0.15, 0.2) is 0 Å². The van der Waals surface area contributed by atoms with E-state index in [1.54, 1.807) is 0 Å². The Balaban J connectivity index is 2.42. The predicted octanol–water partition coefficient (Wildman–Crippen LogP) is 1.31. The van der Waals surface area contributed by atoms with Gasteiger partial charge in [0.25, 0.3) is 0 Å². The van der Waals surface area contributed by atoms with Crippen LogP contribution in [0.1, 0.15) is 23.4 Å². The fourth-order valence-corrected chi connectivity index (χ4v) is 1.84. The van der Waals surface area contributed by atoms with Crippen molar-refractivity contribution in [1.82, 2.24) is 9.78 Å². The zero-order valence-electron chi connectivity index (χ0n) is 7.30. The molecule has 1 heterocycles. The van der Waals surface area contributed by atoms with Crippen molar-refractivity contribution in [3.63, 3.8) is 0 Å². The fourth-order valence-electron chi connectivity index (χ4n) is 1.84. The Labute approximate surface area is 72.6 Å². The molecule has 12 heavy (non-hydrogen) atoms. The molecular formula is C10H12N2. The first-order valence-corrected chi connectivity index (χ1v) is 4.31. The van der Waals surface area contributed by atoms with E-state index >= 15 is 0 Å². The van der Waals surface area contributed by atoms with Gasteiger partial charge in [0.2, 0.25) is 0 Å². The van der Waals surface area contributed by atoms with E-state index in [0.29, 0.717) is 6.54 Å². The molecule has 0 aliphatic heterocycles. The Morgan fingerprint density at radius 1 is 1.58 bits per heavy atom. The number of hydrogen-bond acceptors (Lipinski definition) is 1. The lowest BCUT2D eigenvalue weighted by Crippen LogP contribution is -2.01. The summed E-state index contributed by atoms with van der Waals surface area (Å²) in [6.07, 6.45) is 8.82. The van der Waals surface area contributed by atoms with Crippen LogP contribution >= 0.6 is 0 Å². The van der Waals surface area contributed by atoms with Crippen molar-refractivity contribution in [3.05, 3.63) is 17.0 Å². The highest BCUT2D eigenvalue weighted by molar-refractivity contribution is 5.29. The molecular weight excluding hydrogens is 148 g/mol. The molecule has 2 nitrogen and oxygen atoms in total. The van der Waals surface area contributed by atoms with Crippen LogP contribution in [0.5, 0.6) is 0 Å². The van der Waals surface area contributed by atoms with Gasteiger partial charge in [0.05, 0.1) is 5.69 Å². The number of nitrogens with zero attached hydrogens (tertiary/aromatic N) is 2. The number of hydrogen-bond donors (Lipinski definition) is 0. The van der Waals surface area contributed by atoms with Crippen LogP contribution in [-0.4, -0.2) is 9.78 Å². The van der Waals surface area contributed by atoms with Crippen molar-refractivity contribution in [2.24, 2.45) is 0 Å². The van der Waals surface area contributed by atoms with Gasteiger partial charge in [0, 0.05) is 5.69 Å². The van der Waals surface area contributed by atoms with Crippen LogP contribution in [0, 0.1) is 19.3 Å². The van der Waals surface area contributed by atoms with Crippen LogP contribution in [0.25, 0.3) is 0 Å². The standard InChI is InChI=1S/C10H12N2/c1-3-7-12-8(2)9-5-4-6-10(9)11-12/h1H,4-7H2,2H3. The zero-order valence-corrected chi connectivity index (χ0v) is 7.30. The molecule has 0 spiro atoms. The minimum Gasteiger partial charge on any atom is -0.257 e. The van der Waals surface area contributed by atoms with Gasteiger partial charge < -0.3 is 0 Å². The first kappa shape index (κ1) is 7.42. The molecule has 0 aromatic carbocycles. The SMILES string of the molecule is C#CCn1nc2c(c1C)CCC2. The third-order valence-electron chi connectivity index (χ3n) is 2.50. The average molecular weight is 160 g/mol. The van der Waals surface area contributed by atoms with E-state index in [9.17, 15) is 0 Å². The molecule has 1 aromatic rings. The Morgan fingerprint density at radius 2 is 2.42 bits per heavy atom. The Bertz CT molecular complexity index is 341. The van der Waals surface area contributed by atoms with Crippen molar-refractivity contribution >= 4 is 0 Å². The first-order chi connectivity index (χ1) is 5.83. The summed E-state index contributed by atoms with van der Waals surface area (Å²) in [4.78, 5) is 0. The summed E-state index contributed by atoms with van der Waals surface area (Å²) in [6.45, 7) is 2.72. The van der Waals surface area contributed by atoms with Gasteiger partial charge in [0.1, 0.15) is 6.54 Å². The minimum atomic E-state index is 0.610. The second-order valence-electron chi connectivity index (χ2n) is 3.23. The molecule has 0 radical (unpaired) electrons. The highest BCUT2D eigenvalue weighted by Gasteiger charge is 2.18. The number of terminal acetylenes is 1.